The van der Waals surface area contributed by atoms with Crippen LogP contribution in [0.3, 0.4) is 0 Å². The quantitative estimate of drug-likeness (QED) is 0.625. The molecule has 1 aromatic carbocycles. The number of thiocarbonyl (C=S) groups is 1. The number of hydrogen-bond donors (Lipinski definition) is 0. The number of hydrogen-bond acceptors (Lipinski definition) is 3. The number of para-hydroxylation sites is 1. The van der Waals surface area contributed by atoms with Crippen molar-refractivity contribution in [2.75, 3.05) is 20.7 Å². The third-order valence-electron chi connectivity index (χ3n) is 2.97. The number of benzene rings is 1. The highest BCUT2D eigenvalue weighted by molar-refractivity contribution is 7.80. The predicted octanol–water partition coefficient (Wildman–Crippen LogP) is 2.11. The fourth-order valence-corrected chi connectivity index (χ4v) is 2.10. The maximum Gasteiger partial charge on any atom is 0.276 e. The van der Waals surface area contributed by atoms with Gasteiger partial charge in [-0.1, -0.05) is 18.2 Å². The summed E-state index contributed by atoms with van der Waals surface area (Å²) in [6, 6.07) is 7.62. The maximum absolute atomic E-state index is 12.1. The normalized spacial score (nSPS) is 17.5. The SMILES string of the molecule is CCOc1ccccc1/C=C1/C(=O)N(C)C(=S)N1C. The van der Waals surface area contributed by atoms with Crippen molar-refractivity contribution in [3.05, 3.63) is 35.5 Å². The largest absolute Gasteiger partial charge is 0.493 e. The molecule has 4 nitrogen and oxygen atoms in total. The Morgan fingerprint density at radius 1 is 1.26 bits per heavy atom. The third kappa shape index (κ3) is 2.46. The van der Waals surface area contributed by atoms with Crippen molar-refractivity contribution in [1.82, 2.24) is 9.80 Å². The monoisotopic (exact) mass is 276 g/mol. The standard InChI is InChI=1S/C14H16N2O2S/c1-4-18-12-8-6-5-7-10(12)9-11-13(17)16(3)14(19)15(11)2/h5-9H,4H2,1-3H3/b11-9-. The Bertz CT molecular complexity index is 554. The summed E-state index contributed by atoms with van der Waals surface area (Å²) in [4.78, 5) is 15.3. The summed E-state index contributed by atoms with van der Waals surface area (Å²) in [6.07, 6.45) is 1.81. The Labute approximate surface area is 118 Å². The molecule has 1 heterocycles. The van der Waals surface area contributed by atoms with Crippen LogP contribution in [-0.4, -0.2) is 41.5 Å². The van der Waals surface area contributed by atoms with Crippen LogP contribution in [0.2, 0.25) is 0 Å². The van der Waals surface area contributed by atoms with Gasteiger partial charge in [0, 0.05) is 19.7 Å². The van der Waals surface area contributed by atoms with Crippen LogP contribution in [0.15, 0.2) is 30.0 Å². The first-order chi connectivity index (χ1) is 9.06. The maximum atomic E-state index is 12.1. The first kappa shape index (κ1) is 13.5. The van der Waals surface area contributed by atoms with Crippen LogP contribution in [0.1, 0.15) is 12.5 Å². The van der Waals surface area contributed by atoms with Crippen LogP contribution in [0.25, 0.3) is 6.08 Å². The minimum atomic E-state index is -0.0983. The van der Waals surface area contributed by atoms with Gasteiger partial charge < -0.3 is 9.64 Å². The fourth-order valence-electron chi connectivity index (χ4n) is 1.92. The van der Waals surface area contributed by atoms with E-state index in [0.717, 1.165) is 11.3 Å². The second kappa shape index (κ2) is 5.40. The van der Waals surface area contributed by atoms with Crippen molar-refractivity contribution in [1.29, 1.82) is 0 Å². The summed E-state index contributed by atoms with van der Waals surface area (Å²) in [5, 5.41) is 0.505. The molecule has 1 aliphatic heterocycles. The Morgan fingerprint density at radius 3 is 2.53 bits per heavy atom. The number of likely N-dealkylation sites (N-methyl/N-ethyl adjacent to an activating group) is 2. The molecule has 0 aromatic heterocycles. The summed E-state index contributed by atoms with van der Waals surface area (Å²) < 4.78 is 5.55. The second-order valence-corrected chi connectivity index (χ2v) is 4.57. The lowest BCUT2D eigenvalue weighted by Gasteiger charge is -2.12. The molecule has 100 valence electrons. The van der Waals surface area contributed by atoms with E-state index in [1.165, 1.54) is 4.90 Å². The minimum absolute atomic E-state index is 0.0983. The topological polar surface area (TPSA) is 32.8 Å². The minimum Gasteiger partial charge on any atom is -0.493 e. The Hall–Kier alpha value is -1.88. The van der Waals surface area contributed by atoms with E-state index in [2.05, 4.69) is 0 Å². The third-order valence-corrected chi connectivity index (χ3v) is 3.52. The molecular weight excluding hydrogens is 260 g/mol. The highest BCUT2D eigenvalue weighted by Gasteiger charge is 2.32. The molecule has 1 fully saturated rings. The van der Waals surface area contributed by atoms with Gasteiger partial charge in [0.25, 0.3) is 5.91 Å². The lowest BCUT2D eigenvalue weighted by atomic mass is 10.1. The first-order valence-electron chi connectivity index (χ1n) is 6.05. The van der Waals surface area contributed by atoms with Gasteiger partial charge in [0.1, 0.15) is 11.4 Å². The number of carbonyl (C=O) groups excluding carboxylic acids is 1. The molecule has 0 N–H and O–H groups in total. The molecule has 0 saturated carbocycles. The molecule has 1 aromatic rings. The molecule has 1 saturated heterocycles. The van der Waals surface area contributed by atoms with Gasteiger partial charge in [0.15, 0.2) is 5.11 Å². The average Bonchev–Trinajstić information content (AvgIpc) is 2.59. The summed E-state index contributed by atoms with van der Waals surface area (Å²) in [5.41, 5.74) is 1.43. The molecule has 0 atom stereocenters. The number of ether oxygens (including phenoxy) is 1. The predicted molar refractivity (Wildman–Crippen MR) is 78.7 cm³/mol. The van der Waals surface area contributed by atoms with Crippen molar-refractivity contribution in [2.24, 2.45) is 0 Å². The van der Waals surface area contributed by atoms with E-state index in [0.29, 0.717) is 17.4 Å². The van der Waals surface area contributed by atoms with Gasteiger partial charge in [0.2, 0.25) is 0 Å². The molecule has 1 aliphatic rings. The van der Waals surface area contributed by atoms with E-state index in [9.17, 15) is 4.79 Å². The van der Waals surface area contributed by atoms with E-state index >= 15 is 0 Å². The van der Waals surface area contributed by atoms with Crippen LogP contribution >= 0.6 is 12.2 Å². The first-order valence-corrected chi connectivity index (χ1v) is 6.46. The smallest absolute Gasteiger partial charge is 0.276 e. The van der Waals surface area contributed by atoms with Crippen LogP contribution < -0.4 is 4.74 Å². The summed E-state index contributed by atoms with van der Waals surface area (Å²) in [6.45, 7) is 2.52. The molecule has 5 heteroatoms. The van der Waals surface area contributed by atoms with Crippen molar-refractivity contribution in [2.45, 2.75) is 6.92 Å². The van der Waals surface area contributed by atoms with E-state index in [1.807, 2.05) is 37.3 Å². The number of rotatable bonds is 3. The second-order valence-electron chi connectivity index (χ2n) is 4.21. The summed E-state index contributed by atoms with van der Waals surface area (Å²) in [7, 11) is 3.47. The molecule has 0 bridgehead atoms. The van der Waals surface area contributed by atoms with E-state index < -0.39 is 0 Å². The Kier molecular flexibility index (Phi) is 3.85. The molecular formula is C14H16N2O2S. The van der Waals surface area contributed by atoms with Gasteiger partial charge in [-0.25, -0.2) is 0 Å². The van der Waals surface area contributed by atoms with Gasteiger partial charge in [-0.2, -0.15) is 0 Å². The van der Waals surface area contributed by atoms with Gasteiger partial charge in [-0.15, -0.1) is 0 Å². The molecule has 19 heavy (non-hydrogen) atoms. The van der Waals surface area contributed by atoms with Gasteiger partial charge in [-0.3, -0.25) is 9.69 Å². The molecule has 0 spiro atoms. The van der Waals surface area contributed by atoms with Crippen molar-refractivity contribution in [3.63, 3.8) is 0 Å². The highest BCUT2D eigenvalue weighted by atomic mass is 32.1. The molecule has 1 amide bonds. The molecule has 0 unspecified atom stereocenters. The Balaban J connectivity index is 2.41. The van der Waals surface area contributed by atoms with Crippen molar-refractivity contribution < 1.29 is 9.53 Å². The fraction of sp³-hybridized carbons (Fsp3) is 0.286. The molecule has 0 radical (unpaired) electrons. The lowest BCUT2D eigenvalue weighted by Crippen LogP contribution is -2.26. The molecule has 0 aliphatic carbocycles. The number of nitrogens with zero attached hydrogens (tertiary/aromatic N) is 2. The number of carbonyl (C=O) groups is 1. The van der Waals surface area contributed by atoms with Crippen LogP contribution in [0, 0.1) is 0 Å². The van der Waals surface area contributed by atoms with Crippen molar-refractivity contribution >= 4 is 29.3 Å². The average molecular weight is 276 g/mol. The highest BCUT2D eigenvalue weighted by Crippen LogP contribution is 2.25. The Morgan fingerprint density at radius 2 is 1.95 bits per heavy atom. The van der Waals surface area contributed by atoms with Gasteiger partial charge in [0.05, 0.1) is 6.61 Å². The summed E-state index contributed by atoms with van der Waals surface area (Å²) in [5.74, 6) is 0.665. The number of amides is 1. The van der Waals surface area contributed by atoms with Crippen LogP contribution in [-0.2, 0) is 4.79 Å². The molecule has 2 rings (SSSR count). The van der Waals surface area contributed by atoms with E-state index in [4.69, 9.17) is 17.0 Å². The van der Waals surface area contributed by atoms with Gasteiger partial charge in [-0.05, 0) is 31.3 Å². The van der Waals surface area contributed by atoms with E-state index in [-0.39, 0.29) is 5.91 Å². The van der Waals surface area contributed by atoms with E-state index in [1.54, 1.807) is 19.0 Å². The van der Waals surface area contributed by atoms with Crippen LogP contribution in [0.5, 0.6) is 5.75 Å². The zero-order valence-electron chi connectivity index (χ0n) is 11.2. The lowest BCUT2D eigenvalue weighted by molar-refractivity contribution is -0.121. The van der Waals surface area contributed by atoms with Gasteiger partial charge >= 0.3 is 0 Å². The van der Waals surface area contributed by atoms with Crippen molar-refractivity contribution in [3.8, 4) is 5.75 Å². The zero-order valence-corrected chi connectivity index (χ0v) is 12.0. The summed E-state index contributed by atoms with van der Waals surface area (Å²) >= 11 is 5.18. The zero-order chi connectivity index (χ0) is 14.0. The van der Waals surface area contributed by atoms with Crippen LogP contribution in [0.4, 0.5) is 0 Å².